The topological polar surface area (TPSA) is 32.3 Å². The van der Waals surface area contributed by atoms with Gasteiger partial charge < -0.3 is 10.4 Å². The van der Waals surface area contributed by atoms with Gasteiger partial charge in [0.05, 0.1) is 5.60 Å². The van der Waals surface area contributed by atoms with E-state index in [0.29, 0.717) is 17.4 Å². The van der Waals surface area contributed by atoms with Crippen molar-refractivity contribution in [1.82, 2.24) is 5.32 Å². The fraction of sp³-hybridized carbons (Fsp3) is 1.00. The predicted octanol–water partition coefficient (Wildman–Crippen LogP) is 3.98. The zero-order chi connectivity index (χ0) is 15.3. The summed E-state index contributed by atoms with van der Waals surface area (Å²) in [6, 6.07) is 0.560. The van der Waals surface area contributed by atoms with Crippen molar-refractivity contribution < 1.29 is 5.11 Å². The summed E-state index contributed by atoms with van der Waals surface area (Å²) in [5.74, 6) is 3.58. The number of nitrogens with one attached hydrogen (secondary N) is 1. The summed E-state index contributed by atoms with van der Waals surface area (Å²) in [6.07, 6.45) is 9.75. The maximum atomic E-state index is 10.6. The van der Waals surface area contributed by atoms with Gasteiger partial charge in [0, 0.05) is 12.6 Å². The van der Waals surface area contributed by atoms with Crippen molar-refractivity contribution in [2.45, 2.75) is 84.3 Å². The highest BCUT2D eigenvalue weighted by Crippen LogP contribution is 2.61. The van der Waals surface area contributed by atoms with Crippen LogP contribution in [-0.4, -0.2) is 23.3 Å². The number of rotatable bonds is 6. The molecule has 4 bridgehead atoms. The molecule has 4 aliphatic carbocycles. The SMILES string of the molecule is CC(C)CC(C)(O)CNC(C)C12CC3CC(CC(C3)C1)C2. The van der Waals surface area contributed by atoms with E-state index in [-0.39, 0.29) is 0 Å². The molecule has 0 aliphatic heterocycles. The molecule has 21 heavy (non-hydrogen) atoms. The Balaban J connectivity index is 1.59. The average Bonchev–Trinajstić information content (AvgIpc) is 2.32. The molecule has 4 fully saturated rings. The molecule has 0 radical (unpaired) electrons. The van der Waals surface area contributed by atoms with Crippen LogP contribution in [0.1, 0.15) is 72.6 Å². The average molecular weight is 293 g/mol. The van der Waals surface area contributed by atoms with E-state index in [2.05, 4.69) is 26.1 Å². The molecule has 2 atom stereocenters. The third-order valence-electron chi connectivity index (χ3n) is 6.64. The summed E-state index contributed by atoms with van der Waals surface area (Å²) in [6.45, 7) is 9.51. The maximum Gasteiger partial charge on any atom is 0.0746 e. The minimum atomic E-state index is -0.565. The summed E-state index contributed by atoms with van der Waals surface area (Å²) in [7, 11) is 0. The van der Waals surface area contributed by atoms with Gasteiger partial charge in [-0.15, -0.1) is 0 Å². The predicted molar refractivity (Wildman–Crippen MR) is 88.1 cm³/mol. The molecule has 0 aromatic rings. The molecule has 0 aromatic heterocycles. The molecule has 4 aliphatic rings. The van der Waals surface area contributed by atoms with Crippen LogP contribution >= 0.6 is 0 Å². The normalized spacial score (nSPS) is 42.3. The van der Waals surface area contributed by atoms with Crippen LogP contribution in [0.25, 0.3) is 0 Å². The third-order valence-corrected chi connectivity index (χ3v) is 6.64. The van der Waals surface area contributed by atoms with E-state index in [1.165, 1.54) is 38.5 Å². The van der Waals surface area contributed by atoms with Crippen LogP contribution in [0.15, 0.2) is 0 Å². The van der Waals surface area contributed by atoms with Gasteiger partial charge in [0.1, 0.15) is 0 Å². The summed E-state index contributed by atoms with van der Waals surface area (Å²) in [4.78, 5) is 0. The van der Waals surface area contributed by atoms with E-state index < -0.39 is 5.60 Å². The lowest BCUT2D eigenvalue weighted by Gasteiger charge is -2.59. The molecule has 4 saturated carbocycles. The van der Waals surface area contributed by atoms with Gasteiger partial charge in [0.25, 0.3) is 0 Å². The van der Waals surface area contributed by atoms with Crippen molar-refractivity contribution in [1.29, 1.82) is 0 Å². The number of aliphatic hydroxyl groups is 1. The number of hydrogen-bond donors (Lipinski definition) is 2. The van der Waals surface area contributed by atoms with Gasteiger partial charge in [-0.05, 0) is 87.9 Å². The van der Waals surface area contributed by atoms with E-state index in [1.54, 1.807) is 0 Å². The molecular weight excluding hydrogens is 258 g/mol. The molecule has 122 valence electrons. The van der Waals surface area contributed by atoms with Crippen LogP contribution in [0.3, 0.4) is 0 Å². The van der Waals surface area contributed by atoms with Crippen LogP contribution in [-0.2, 0) is 0 Å². The van der Waals surface area contributed by atoms with E-state index in [4.69, 9.17) is 0 Å². The second-order valence-electron chi connectivity index (χ2n) is 9.48. The first kappa shape index (κ1) is 15.8. The highest BCUT2D eigenvalue weighted by Gasteiger charge is 2.53. The highest BCUT2D eigenvalue weighted by molar-refractivity contribution is 5.05. The van der Waals surface area contributed by atoms with Gasteiger partial charge in [0.15, 0.2) is 0 Å². The first-order valence-electron chi connectivity index (χ1n) is 9.24. The fourth-order valence-electron chi connectivity index (χ4n) is 6.25. The molecule has 2 N–H and O–H groups in total. The van der Waals surface area contributed by atoms with Crippen molar-refractivity contribution in [3.8, 4) is 0 Å². The maximum absolute atomic E-state index is 10.6. The first-order chi connectivity index (χ1) is 9.78. The standard InChI is InChI=1S/C19H35NO/c1-13(2)8-18(4,21)12-20-14(3)19-9-15-5-16(10-19)7-17(6-15)11-19/h13-17,20-21H,5-12H2,1-4H3. The van der Waals surface area contributed by atoms with Gasteiger partial charge in [0.2, 0.25) is 0 Å². The van der Waals surface area contributed by atoms with Crippen LogP contribution < -0.4 is 5.32 Å². The third kappa shape index (κ3) is 3.32. The highest BCUT2D eigenvalue weighted by atomic mass is 16.3. The van der Waals surface area contributed by atoms with Crippen LogP contribution in [0.2, 0.25) is 0 Å². The zero-order valence-electron chi connectivity index (χ0n) is 14.5. The van der Waals surface area contributed by atoms with E-state index in [0.717, 1.165) is 30.7 Å². The Morgan fingerprint density at radius 1 is 1.05 bits per heavy atom. The summed E-state index contributed by atoms with van der Waals surface area (Å²) in [5, 5.41) is 14.3. The molecule has 2 heteroatoms. The molecule has 0 aromatic carbocycles. The molecule has 2 nitrogen and oxygen atoms in total. The summed E-state index contributed by atoms with van der Waals surface area (Å²) < 4.78 is 0. The zero-order valence-corrected chi connectivity index (χ0v) is 14.5. The lowest BCUT2D eigenvalue weighted by Crippen LogP contribution is -2.56. The Hall–Kier alpha value is -0.0800. The second kappa shape index (κ2) is 5.53. The van der Waals surface area contributed by atoms with Gasteiger partial charge in [-0.25, -0.2) is 0 Å². The largest absolute Gasteiger partial charge is 0.389 e. The lowest BCUT2D eigenvalue weighted by molar-refractivity contribution is -0.0743. The van der Waals surface area contributed by atoms with Crippen molar-refractivity contribution >= 4 is 0 Å². The van der Waals surface area contributed by atoms with Crippen LogP contribution in [0.4, 0.5) is 0 Å². The van der Waals surface area contributed by atoms with Crippen molar-refractivity contribution in [3.05, 3.63) is 0 Å². The van der Waals surface area contributed by atoms with Crippen LogP contribution in [0.5, 0.6) is 0 Å². The van der Waals surface area contributed by atoms with Gasteiger partial charge >= 0.3 is 0 Å². The van der Waals surface area contributed by atoms with E-state index in [9.17, 15) is 5.11 Å². The Morgan fingerprint density at radius 3 is 1.95 bits per heavy atom. The Kier molecular flexibility index (Phi) is 4.16. The Bertz CT molecular complexity index is 338. The lowest BCUT2D eigenvalue weighted by atomic mass is 9.48. The fourth-order valence-corrected chi connectivity index (χ4v) is 6.25. The Morgan fingerprint density at radius 2 is 1.52 bits per heavy atom. The molecule has 0 spiro atoms. The Labute approximate surface area is 131 Å². The van der Waals surface area contributed by atoms with Gasteiger partial charge in [-0.1, -0.05) is 13.8 Å². The monoisotopic (exact) mass is 293 g/mol. The van der Waals surface area contributed by atoms with Crippen molar-refractivity contribution in [3.63, 3.8) is 0 Å². The molecule has 0 saturated heterocycles. The second-order valence-corrected chi connectivity index (χ2v) is 9.48. The molecule has 0 amide bonds. The van der Waals surface area contributed by atoms with Crippen molar-refractivity contribution in [2.75, 3.05) is 6.54 Å². The van der Waals surface area contributed by atoms with Gasteiger partial charge in [-0.3, -0.25) is 0 Å². The molecule has 0 heterocycles. The van der Waals surface area contributed by atoms with E-state index in [1.807, 2.05) is 6.92 Å². The molecular formula is C19H35NO. The quantitative estimate of drug-likeness (QED) is 0.776. The first-order valence-corrected chi connectivity index (χ1v) is 9.24. The minimum Gasteiger partial charge on any atom is -0.389 e. The van der Waals surface area contributed by atoms with Gasteiger partial charge in [-0.2, -0.15) is 0 Å². The number of hydrogen-bond acceptors (Lipinski definition) is 2. The van der Waals surface area contributed by atoms with Crippen molar-refractivity contribution in [2.24, 2.45) is 29.1 Å². The van der Waals surface area contributed by atoms with Crippen LogP contribution in [0, 0.1) is 29.1 Å². The minimum absolute atomic E-state index is 0.544. The molecule has 2 unspecified atom stereocenters. The molecule has 4 rings (SSSR count). The smallest absolute Gasteiger partial charge is 0.0746 e. The summed E-state index contributed by atoms with van der Waals surface area (Å²) >= 11 is 0. The summed E-state index contributed by atoms with van der Waals surface area (Å²) in [5.41, 5.74) is -0.0205. The van der Waals surface area contributed by atoms with E-state index >= 15 is 0 Å².